The van der Waals surface area contributed by atoms with Crippen molar-refractivity contribution in [3.63, 3.8) is 0 Å². The van der Waals surface area contributed by atoms with Crippen LogP contribution in [0, 0.1) is 0 Å². The van der Waals surface area contributed by atoms with Crippen LogP contribution in [0.2, 0.25) is 0 Å². The van der Waals surface area contributed by atoms with Crippen LogP contribution in [-0.4, -0.2) is 12.1 Å². The molecule has 0 radical (unpaired) electrons. The topological polar surface area (TPSA) is 61.3 Å². The van der Waals surface area contributed by atoms with Gasteiger partial charge in [0.1, 0.15) is 5.75 Å². The van der Waals surface area contributed by atoms with E-state index in [1.54, 1.807) is 13.3 Å². The number of aromatic nitrogens is 1. The third-order valence-electron chi connectivity index (χ3n) is 1.95. The van der Waals surface area contributed by atoms with Crippen molar-refractivity contribution in [2.24, 2.45) is 0 Å². The molecular formula is C10H9BrN2O2. The molecule has 1 heterocycles. The summed E-state index contributed by atoms with van der Waals surface area (Å²) in [4.78, 5) is 3.84. The fourth-order valence-electron chi connectivity index (χ4n) is 1.28. The Labute approximate surface area is 95.2 Å². The van der Waals surface area contributed by atoms with Gasteiger partial charge in [-0.3, -0.25) is 0 Å². The highest BCUT2D eigenvalue weighted by Crippen LogP contribution is 2.33. The molecule has 78 valence electrons. The minimum absolute atomic E-state index is 0.145. The lowest BCUT2D eigenvalue weighted by molar-refractivity contribution is 0.415. The van der Waals surface area contributed by atoms with Gasteiger partial charge < -0.3 is 14.9 Å². The quantitative estimate of drug-likeness (QED) is 0.910. The number of nitrogens with zero attached hydrogens (tertiary/aromatic N) is 1. The zero-order valence-electron chi connectivity index (χ0n) is 8.03. The Morgan fingerprint density at radius 1 is 1.47 bits per heavy atom. The second-order valence-electron chi connectivity index (χ2n) is 2.91. The molecule has 0 aliphatic rings. The predicted molar refractivity (Wildman–Crippen MR) is 60.6 cm³/mol. The number of nitrogens with two attached hydrogens (primary N) is 1. The van der Waals surface area contributed by atoms with Gasteiger partial charge in [-0.2, -0.15) is 0 Å². The molecule has 0 saturated heterocycles. The maximum Gasteiger partial charge on any atom is 0.292 e. The van der Waals surface area contributed by atoms with E-state index in [-0.39, 0.29) is 6.01 Å². The van der Waals surface area contributed by atoms with Crippen LogP contribution in [0.15, 0.2) is 33.3 Å². The summed E-state index contributed by atoms with van der Waals surface area (Å²) in [6.45, 7) is 0. The summed E-state index contributed by atoms with van der Waals surface area (Å²) >= 11 is 3.38. The lowest BCUT2D eigenvalue weighted by Crippen LogP contribution is -1.86. The number of oxazole rings is 1. The molecule has 0 fully saturated rings. The zero-order chi connectivity index (χ0) is 10.8. The van der Waals surface area contributed by atoms with Crippen molar-refractivity contribution < 1.29 is 9.15 Å². The van der Waals surface area contributed by atoms with Gasteiger partial charge in [-0.1, -0.05) is 15.9 Å². The molecule has 2 rings (SSSR count). The number of methoxy groups -OCH3 is 1. The molecular weight excluding hydrogens is 260 g/mol. The molecule has 0 spiro atoms. The molecule has 5 heteroatoms. The van der Waals surface area contributed by atoms with E-state index in [1.165, 1.54) is 0 Å². The van der Waals surface area contributed by atoms with Crippen molar-refractivity contribution in [1.29, 1.82) is 0 Å². The molecule has 0 aliphatic carbocycles. The van der Waals surface area contributed by atoms with E-state index >= 15 is 0 Å². The van der Waals surface area contributed by atoms with Gasteiger partial charge in [0, 0.05) is 4.47 Å². The van der Waals surface area contributed by atoms with Crippen LogP contribution in [-0.2, 0) is 0 Å². The first-order chi connectivity index (χ1) is 7.20. The van der Waals surface area contributed by atoms with Gasteiger partial charge in [0.05, 0.1) is 18.9 Å². The Bertz CT molecular complexity index is 482. The van der Waals surface area contributed by atoms with E-state index in [2.05, 4.69) is 20.9 Å². The van der Waals surface area contributed by atoms with E-state index < -0.39 is 0 Å². The van der Waals surface area contributed by atoms with Gasteiger partial charge in [-0.05, 0) is 18.2 Å². The lowest BCUT2D eigenvalue weighted by Gasteiger charge is -2.05. The summed E-state index contributed by atoms with van der Waals surface area (Å²) in [7, 11) is 1.60. The molecule has 1 aromatic carbocycles. The highest BCUT2D eigenvalue weighted by atomic mass is 79.9. The average Bonchev–Trinajstić information content (AvgIpc) is 2.65. The Hall–Kier alpha value is -1.49. The van der Waals surface area contributed by atoms with Crippen molar-refractivity contribution in [2.45, 2.75) is 0 Å². The van der Waals surface area contributed by atoms with Gasteiger partial charge in [0.15, 0.2) is 5.76 Å². The Kier molecular flexibility index (Phi) is 2.64. The van der Waals surface area contributed by atoms with E-state index in [1.807, 2.05) is 18.2 Å². The van der Waals surface area contributed by atoms with Crippen molar-refractivity contribution in [2.75, 3.05) is 12.8 Å². The second kappa shape index (κ2) is 3.94. The SMILES string of the molecule is COc1ccc(Br)cc1-c1cnc(N)o1. The molecule has 0 unspecified atom stereocenters. The number of rotatable bonds is 2. The maximum absolute atomic E-state index is 5.42. The van der Waals surface area contributed by atoms with Gasteiger partial charge in [0.25, 0.3) is 6.01 Å². The van der Waals surface area contributed by atoms with E-state index in [4.69, 9.17) is 14.9 Å². The number of benzene rings is 1. The highest BCUT2D eigenvalue weighted by Gasteiger charge is 2.10. The normalized spacial score (nSPS) is 10.3. The van der Waals surface area contributed by atoms with Gasteiger partial charge in [0.2, 0.25) is 0 Å². The van der Waals surface area contributed by atoms with Crippen molar-refractivity contribution in [3.05, 3.63) is 28.9 Å². The minimum atomic E-state index is 0.145. The number of hydrogen-bond donors (Lipinski definition) is 1. The smallest absolute Gasteiger partial charge is 0.292 e. The maximum atomic E-state index is 5.42. The Morgan fingerprint density at radius 2 is 2.27 bits per heavy atom. The summed E-state index contributed by atoms with van der Waals surface area (Å²) < 4.78 is 11.4. The summed E-state index contributed by atoms with van der Waals surface area (Å²) in [6.07, 6.45) is 1.57. The van der Waals surface area contributed by atoms with Gasteiger partial charge in [-0.15, -0.1) is 0 Å². The van der Waals surface area contributed by atoms with Crippen LogP contribution in [0.5, 0.6) is 5.75 Å². The van der Waals surface area contributed by atoms with Gasteiger partial charge >= 0.3 is 0 Å². The molecule has 0 bridgehead atoms. The monoisotopic (exact) mass is 268 g/mol. The van der Waals surface area contributed by atoms with E-state index in [9.17, 15) is 0 Å². The van der Waals surface area contributed by atoms with Crippen molar-refractivity contribution >= 4 is 21.9 Å². The molecule has 0 saturated carbocycles. The first-order valence-corrected chi connectivity index (χ1v) is 5.05. The Morgan fingerprint density at radius 3 is 2.87 bits per heavy atom. The lowest BCUT2D eigenvalue weighted by atomic mass is 10.1. The van der Waals surface area contributed by atoms with E-state index in [0.717, 1.165) is 10.0 Å². The van der Waals surface area contributed by atoms with Crippen molar-refractivity contribution in [1.82, 2.24) is 4.98 Å². The summed E-state index contributed by atoms with van der Waals surface area (Å²) in [5.41, 5.74) is 6.23. The average molecular weight is 269 g/mol. The van der Waals surface area contributed by atoms with Crippen LogP contribution in [0.3, 0.4) is 0 Å². The van der Waals surface area contributed by atoms with Crippen LogP contribution in [0.1, 0.15) is 0 Å². The van der Waals surface area contributed by atoms with Crippen LogP contribution in [0.4, 0.5) is 6.01 Å². The predicted octanol–water partition coefficient (Wildman–Crippen LogP) is 2.69. The molecule has 2 N–H and O–H groups in total. The summed E-state index contributed by atoms with van der Waals surface area (Å²) in [5, 5.41) is 0. The first-order valence-electron chi connectivity index (χ1n) is 4.26. The summed E-state index contributed by atoms with van der Waals surface area (Å²) in [5.74, 6) is 1.31. The molecule has 2 aromatic rings. The standard InChI is InChI=1S/C10H9BrN2O2/c1-14-8-3-2-6(11)4-7(8)9-5-13-10(12)15-9/h2-5H,1H3,(H2,12,13). The van der Waals surface area contributed by atoms with E-state index in [0.29, 0.717) is 11.5 Å². The third kappa shape index (κ3) is 1.97. The Balaban J connectivity index is 2.55. The molecule has 0 amide bonds. The summed E-state index contributed by atoms with van der Waals surface area (Å²) in [6, 6.07) is 5.77. The molecule has 0 atom stereocenters. The largest absolute Gasteiger partial charge is 0.496 e. The molecule has 15 heavy (non-hydrogen) atoms. The molecule has 1 aromatic heterocycles. The highest BCUT2D eigenvalue weighted by molar-refractivity contribution is 9.10. The molecule has 0 aliphatic heterocycles. The number of nitrogen functional groups attached to an aromatic ring is 1. The zero-order valence-corrected chi connectivity index (χ0v) is 9.61. The van der Waals surface area contributed by atoms with Crippen LogP contribution in [0.25, 0.3) is 11.3 Å². The van der Waals surface area contributed by atoms with Gasteiger partial charge in [-0.25, -0.2) is 4.98 Å². The minimum Gasteiger partial charge on any atom is -0.496 e. The number of halogens is 1. The molecule has 4 nitrogen and oxygen atoms in total. The third-order valence-corrected chi connectivity index (χ3v) is 2.44. The van der Waals surface area contributed by atoms with Crippen molar-refractivity contribution in [3.8, 4) is 17.1 Å². The number of ether oxygens (including phenoxy) is 1. The fourth-order valence-corrected chi connectivity index (χ4v) is 1.65. The first kappa shape index (κ1) is 10.0. The fraction of sp³-hybridized carbons (Fsp3) is 0.100. The van der Waals surface area contributed by atoms with Crippen LogP contribution >= 0.6 is 15.9 Å². The second-order valence-corrected chi connectivity index (χ2v) is 3.82. The number of anilines is 1. The number of hydrogen-bond acceptors (Lipinski definition) is 4. The van der Waals surface area contributed by atoms with Crippen LogP contribution < -0.4 is 10.5 Å².